The molecule has 2 saturated heterocycles. The van der Waals surface area contributed by atoms with E-state index in [1.165, 1.54) is 4.90 Å². The minimum absolute atomic E-state index is 0.109. The second kappa shape index (κ2) is 15.8. The summed E-state index contributed by atoms with van der Waals surface area (Å²) in [6, 6.07) is 12.0. The van der Waals surface area contributed by atoms with E-state index in [0.717, 1.165) is 15.4 Å². The Morgan fingerprint density at radius 1 is 0.553 bits per heavy atom. The molecule has 0 bridgehead atoms. The molecular weight excluding hydrogens is 600 g/mol. The minimum Gasteiger partial charge on any atom is -0.322 e. The molecule has 6 rings (SSSR count). The maximum absolute atomic E-state index is 12.6. The van der Waals surface area contributed by atoms with Gasteiger partial charge in [0.15, 0.2) is 0 Å². The number of amides is 7. The summed E-state index contributed by atoms with van der Waals surface area (Å²) in [5.41, 5.74) is 2.24. The second-order valence-corrected chi connectivity index (χ2v) is 11.6. The highest BCUT2D eigenvalue weighted by Crippen LogP contribution is 2.31. The van der Waals surface area contributed by atoms with Crippen molar-refractivity contribution in [3.8, 4) is 0 Å². The van der Waals surface area contributed by atoms with E-state index < -0.39 is 29.8 Å². The molecule has 4 aliphatic rings. The number of carbonyl (C=O) groups excluding carboxylic acids is 7. The van der Waals surface area contributed by atoms with Gasteiger partial charge in [0.1, 0.15) is 12.1 Å². The SMILES string of the molecule is CC.CC.CC(C)N1C(=O)CCC(N2C(=O)c3ccccc3C2=O)C1=O.CC(C)N1C(=O)CCC(N2Cc3ccccc3C2=O)C1=O. The first kappa shape index (κ1) is 36.8. The summed E-state index contributed by atoms with van der Waals surface area (Å²) >= 11 is 0. The molecule has 252 valence electrons. The van der Waals surface area contributed by atoms with E-state index in [2.05, 4.69) is 0 Å². The second-order valence-electron chi connectivity index (χ2n) is 11.6. The Kier molecular flexibility index (Phi) is 12.3. The van der Waals surface area contributed by atoms with Crippen LogP contribution in [0.1, 0.15) is 118 Å². The smallest absolute Gasteiger partial charge is 0.262 e. The molecule has 11 heteroatoms. The predicted octanol–water partition coefficient (Wildman–Crippen LogP) is 4.83. The number of hydrogen-bond acceptors (Lipinski definition) is 7. The summed E-state index contributed by atoms with van der Waals surface area (Å²) in [4.78, 5) is 91.4. The van der Waals surface area contributed by atoms with Crippen molar-refractivity contribution in [2.75, 3.05) is 0 Å². The van der Waals surface area contributed by atoms with Crippen molar-refractivity contribution in [3.05, 3.63) is 70.8 Å². The van der Waals surface area contributed by atoms with Gasteiger partial charge in [0.05, 0.1) is 11.1 Å². The highest BCUT2D eigenvalue weighted by atomic mass is 16.2. The number of piperidine rings is 2. The summed E-state index contributed by atoms with van der Waals surface area (Å²) in [5.74, 6) is -2.15. The Hall–Kier alpha value is -4.67. The number of rotatable bonds is 4. The van der Waals surface area contributed by atoms with Crippen molar-refractivity contribution in [2.45, 2.75) is 112 Å². The largest absolute Gasteiger partial charge is 0.322 e. The normalized spacial score (nSPS) is 20.4. The summed E-state index contributed by atoms with van der Waals surface area (Å²) < 4.78 is 0. The number of fused-ring (bicyclic) bond motifs is 2. The third-order valence-corrected chi connectivity index (χ3v) is 8.24. The number of nitrogens with zero attached hydrogens (tertiary/aromatic N) is 4. The molecule has 2 unspecified atom stereocenters. The number of likely N-dealkylation sites (tertiary alicyclic amines) is 2. The molecule has 0 radical (unpaired) electrons. The van der Waals surface area contributed by atoms with Gasteiger partial charge in [-0.05, 0) is 64.3 Å². The van der Waals surface area contributed by atoms with E-state index in [0.29, 0.717) is 36.1 Å². The topological polar surface area (TPSA) is 132 Å². The summed E-state index contributed by atoms with van der Waals surface area (Å²) in [6.45, 7) is 15.6. The van der Waals surface area contributed by atoms with Crippen LogP contribution in [0.5, 0.6) is 0 Å². The van der Waals surface area contributed by atoms with Crippen LogP contribution < -0.4 is 0 Å². The predicted molar refractivity (Wildman–Crippen MR) is 176 cm³/mol. The van der Waals surface area contributed by atoms with Gasteiger partial charge >= 0.3 is 0 Å². The zero-order chi connectivity index (χ0) is 35.2. The lowest BCUT2D eigenvalue weighted by molar-refractivity contribution is -0.155. The van der Waals surface area contributed by atoms with Gasteiger partial charge in [-0.1, -0.05) is 58.0 Å². The number of carbonyl (C=O) groups is 7. The van der Waals surface area contributed by atoms with Gasteiger partial charge in [-0.25, -0.2) is 0 Å². The van der Waals surface area contributed by atoms with Crippen molar-refractivity contribution < 1.29 is 33.6 Å². The van der Waals surface area contributed by atoms with Gasteiger partial charge < -0.3 is 4.90 Å². The molecule has 4 aliphatic heterocycles. The lowest BCUT2D eigenvalue weighted by atomic mass is 10.0. The van der Waals surface area contributed by atoms with Crippen LogP contribution in [-0.4, -0.2) is 85.1 Å². The summed E-state index contributed by atoms with van der Waals surface area (Å²) in [5, 5.41) is 0. The Morgan fingerprint density at radius 2 is 0.957 bits per heavy atom. The van der Waals surface area contributed by atoms with Crippen molar-refractivity contribution in [1.29, 1.82) is 0 Å². The molecule has 0 aromatic heterocycles. The van der Waals surface area contributed by atoms with Crippen molar-refractivity contribution >= 4 is 41.4 Å². The highest BCUT2D eigenvalue weighted by Gasteiger charge is 2.47. The third-order valence-electron chi connectivity index (χ3n) is 8.24. The lowest BCUT2D eigenvalue weighted by Gasteiger charge is -2.37. The number of benzene rings is 2. The molecule has 0 spiro atoms. The van der Waals surface area contributed by atoms with Gasteiger partial charge in [0.2, 0.25) is 11.8 Å². The lowest BCUT2D eigenvalue weighted by Crippen LogP contribution is -2.57. The van der Waals surface area contributed by atoms with E-state index in [1.807, 2.05) is 59.7 Å². The standard InChI is InChI=1S/C16H16N2O4.C16H18N2O3.2C2H6/c1-9(2)17-13(19)8-7-12(16(17)22)18-14(20)10-5-3-4-6-11(10)15(18)21;1-10(2)18-14(19)8-7-13(16(18)21)17-9-11-5-3-4-6-12(11)15(17)20;2*1-2/h3-6,9,12H,7-8H2,1-2H3;3-6,10,13H,7-9H2,1-2H3;2*1-2H3. The number of hydrogen-bond donors (Lipinski definition) is 0. The molecule has 4 heterocycles. The Balaban J connectivity index is 0.000000231. The monoisotopic (exact) mass is 646 g/mol. The molecule has 2 fully saturated rings. The van der Waals surface area contributed by atoms with E-state index in [4.69, 9.17) is 0 Å². The van der Waals surface area contributed by atoms with Crippen molar-refractivity contribution in [1.82, 2.24) is 19.6 Å². The van der Waals surface area contributed by atoms with Gasteiger partial charge in [-0.15, -0.1) is 0 Å². The Morgan fingerprint density at radius 3 is 1.40 bits per heavy atom. The highest BCUT2D eigenvalue weighted by molar-refractivity contribution is 6.23. The molecule has 11 nitrogen and oxygen atoms in total. The molecule has 7 amide bonds. The van der Waals surface area contributed by atoms with Crippen LogP contribution in [0.15, 0.2) is 48.5 Å². The average molecular weight is 647 g/mol. The molecule has 2 aromatic carbocycles. The van der Waals surface area contributed by atoms with Crippen LogP contribution in [-0.2, 0) is 25.7 Å². The first-order chi connectivity index (χ1) is 22.4. The van der Waals surface area contributed by atoms with Gasteiger partial charge in [-0.3, -0.25) is 48.3 Å². The van der Waals surface area contributed by atoms with Crippen LogP contribution in [0.3, 0.4) is 0 Å². The molecule has 47 heavy (non-hydrogen) atoms. The van der Waals surface area contributed by atoms with E-state index in [9.17, 15) is 33.6 Å². The Labute approximate surface area is 276 Å². The van der Waals surface area contributed by atoms with Gasteiger partial charge in [0.25, 0.3) is 29.5 Å². The molecule has 0 N–H and O–H groups in total. The summed E-state index contributed by atoms with van der Waals surface area (Å²) in [7, 11) is 0. The molecule has 2 atom stereocenters. The first-order valence-electron chi connectivity index (χ1n) is 16.5. The number of imide groups is 3. The van der Waals surface area contributed by atoms with E-state index >= 15 is 0 Å². The zero-order valence-corrected chi connectivity index (χ0v) is 28.6. The van der Waals surface area contributed by atoms with Crippen LogP contribution in [0.2, 0.25) is 0 Å². The van der Waals surface area contributed by atoms with Crippen LogP contribution in [0.25, 0.3) is 0 Å². The minimum atomic E-state index is -0.896. The van der Waals surface area contributed by atoms with E-state index in [1.54, 1.807) is 49.1 Å². The summed E-state index contributed by atoms with van der Waals surface area (Å²) in [6.07, 6.45) is 1.07. The van der Waals surface area contributed by atoms with Crippen LogP contribution >= 0.6 is 0 Å². The fraction of sp³-hybridized carbons (Fsp3) is 0.472. The zero-order valence-electron chi connectivity index (χ0n) is 28.6. The first-order valence-corrected chi connectivity index (χ1v) is 16.5. The van der Waals surface area contributed by atoms with Gasteiger partial charge in [0, 0.05) is 37.0 Å². The molecule has 0 saturated carbocycles. The van der Waals surface area contributed by atoms with Crippen LogP contribution in [0.4, 0.5) is 0 Å². The Bertz CT molecular complexity index is 1510. The maximum atomic E-state index is 12.6. The fourth-order valence-corrected chi connectivity index (χ4v) is 6.21. The average Bonchev–Trinajstić information content (AvgIpc) is 3.52. The van der Waals surface area contributed by atoms with Crippen molar-refractivity contribution in [2.24, 2.45) is 0 Å². The molecule has 0 aliphatic carbocycles. The van der Waals surface area contributed by atoms with Gasteiger partial charge in [-0.2, -0.15) is 0 Å². The quantitative estimate of drug-likeness (QED) is 0.435. The third kappa shape index (κ3) is 7.03. The van der Waals surface area contributed by atoms with Crippen LogP contribution in [0, 0.1) is 0 Å². The molecular formula is C36H46N4O7. The fourth-order valence-electron chi connectivity index (χ4n) is 6.21. The van der Waals surface area contributed by atoms with Crippen molar-refractivity contribution in [3.63, 3.8) is 0 Å². The molecule has 2 aromatic rings. The maximum Gasteiger partial charge on any atom is 0.262 e. The van der Waals surface area contributed by atoms with E-state index in [-0.39, 0.29) is 48.6 Å².